The summed E-state index contributed by atoms with van der Waals surface area (Å²) in [6.07, 6.45) is 4.32. The van der Waals surface area contributed by atoms with Crippen molar-refractivity contribution >= 4 is 5.91 Å². The van der Waals surface area contributed by atoms with E-state index in [1.807, 2.05) is 0 Å². The number of allylic oxidation sites excluding steroid dienone is 1. The molecule has 2 nitrogen and oxygen atoms in total. The van der Waals surface area contributed by atoms with E-state index in [2.05, 4.69) is 13.5 Å². The highest BCUT2D eigenvalue weighted by Crippen LogP contribution is 2.10. The summed E-state index contributed by atoms with van der Waals surface area (Å²) in [6.45, 7) is 5.71. The minimum Gasteiger partial charge on any atom is -0.370 e. The molecule has 0 saturated heterocycles. The maximum atomic E-state index is 10.4. The summed E-state index contributed by atoms with van der Waals surface area (Å²) in [7, 11) is 0. The zero-order valence-corrected chi connectivity index (χ0v) is 6.47. The summed E-state index contributed by atoms with van der Waals surface area (Å²) in [5.41, 5.74) is 5.01. The lowest BCUT2D eigenvalue weighted by molar-refractivity contribution is -0.118. The predicted molar refractivity (Wildman–Crippen MR) is 42.4 cm³/mol. The van der Waals surface area contributed by atoms with Crippen molar-refractivity contribution in [3.05, 3.63) is 12.7 Å². The number of primary amides is 1. The van der Waals surface area contributed by atoms with Crippen molar-refractivity contribution < 1.29 is 4.79 Å². The van der Waals surface area contributed by atoms with Crippen LogP contribution in [0.4, 0.5) is 0 Å². The average Bonchev–Trinajstić information content (AvgIpc) is 1.86. The van der Waals surface area contributed by atoms with Crippen molar-refractivity contribution in [2.45, 2.75) is 26.2 Å². The van der Waals surface area contributed by atoms with E-state index in [9.17, 15) is 4.79 Å². The van der Waals surface area contributed by atoms with Gasteiger partial charge >= 0.3 is 0 Å². The first-order valence-corrected chi connectivity index (χ1v) is 3.61. The molecular formula is C8H15NO. The molecule has 0 spiro atoms. The molecule has 0 aromatic heterocycles. The molecule has 0 fully saturated rings. The number of hydrogen-bond acceptors (Lipinski definition) is 1. The Morgan fingerprint density at radius 2 is 2.40 bits per heavy atom. The first-order chi connectivity index (χ1) is 4.70. The van der Waals surface area contributed by atoms with Crippen LogP contribution in [0.3, 0.4) is 0 Å². The summed E-state index contributed by atoms with van der Waals surface area (Å²) in [5, 5.41) is 0. The van der Waals surface area contributed by atoms with E-state index in [-0.39, 0.29) is 11.8 Å². The number of carbonyl (C=O) groups is 1. The monoisotopic (exact) mass is 141 g/mol. The molecule has 0 radical (unpaired) electrons. The first kappa shape index (κ1) is 9.21. The van der Waals surface area contributed by atoms with Crippen LogP contribution in [0.25, 0.3) is 0 Å². The summed E-state index contributed by atoms with van der Waals surface area (Å²) < 4.78 is 0. The molecule has 0 aromatic carbocycles. The van der Waals surface area contributed by atoms with Crippen molar-refractivity contribution in [3.63, 3.8) is 0 Å². The Kier molecular flexibility index (Phi) is 4.63. The highest BCUT2D eigenvalue weighted by molar-refractivity contribution is 5.74. The highest BCUT2D eigenvalue weighted by atomic mass is 16.1. The van der Waals surface area contributed by atoms with Gasteiger partial charge < -0.3 is 5.73 Å². The number of amides is 1. The van der Waals surface area contributed by atoms with Crippen LogP contribution in [0.15, 0.2) is 12.7 Å². The Morgan fingerprint density at radius 3 is 2.70 bits per heavy atom. The maximum absolute atomic E-state index is 10.4. The van der Waals surface area contributed by atoms with Gasteiger partial charge in [0, 0.05) is 6.42 Å². The Hall–Kier alpha value is -0.790. The van der Waals surface area contributed by atoms with Gasteiger partial charge in [-0.3, -0.25) is 4.79 Å². The minimum atomic E-state index is -0.238. The van der Waals surface area contributed by atoms with Gasteiger partial charge in [-0.25, -0.2) is 0 Å². The number of nitrogens with two attached hydrogens (primary N) is 1. The van der Waals surface area contributed by atoms with Crippen molar-refractivity contribution in [2.75, 3.05) is 0 Å². The van der Waals surface area contributed by atoms with Crippen LogP contribution in [-0.4, -0.2) is 5.91 Å². The predicted octanol–water partition coefficient (Wildman–Crippen LogP) is 1.46. The zero-order valence-electron chi connectivity index (χ0n) is 6.47. The molecule has 0 rings (SSSR count). The second kappa shape index (κ2) is 5.03. The van der Waals surface area contributed by atoms with Crippen molar-refractivity contribution in [1.29, 1.82) is 0 Å². The fourth-order valence-electron chi connectivity index (χ4n) is 0.932. The van der Waals surface area contributed by atoms with E-state index in [1.54, 1.807) is 6.08 Å². The van der Waals surface area contributed by atoms with E-state index in [0.717, 1.165) is 12.8 Å². The molecule has 1 amide bonds. The molecule has 0 aliphatic rings. The smallest absolute Gasteiger partial charge is 0.218 e. The molecule has 0 aromatic rings. The number of hydrogen-bond donors (Lipinski definition) is 1. The van der Waals surface area contributed by atoms with Crippen LogP contribution in [0, 0.1) is 5.92 Å². The molecular weight excluding hydrogens is 126 g/mol. The topological polar surface area (TPSA) is 43.1 Å². The van der Waals surface area contributed by atoms with Crippen LogP contribution < -0.4 is 5.73 Å². The van der Waals surface area contributed by atoms with E-state index < -0.39 is 0 Å². The zero-order chi connectivity index (χ0) is 7.98. The molecule has 0 saturated carbocycles. The van der Waals surface area contributed by atoms with Gasteiger partial charge in [-0.15, -0.1) is 6.58 Å². The molecule has 58 valence electrons. The van der Waals surface area contributed by atoms with Gasteiger partial charge in [-0.2, -0.15) is 0 Å². The summed E-state index contributed by atoms with van der Waals surface area (Å²) in [6, 6.07) is 0. The summed E-state index contributed by atoms with van der Waals surface area (Å²) in [5.74, 6) is 0.0425. The van der Waals surface area contributed by atoms with Crippen molar-refractivity contribution in [3.8, 4) is 0 Å². The van der Waals surface area contributed by atoms with Gasteiger partial charge in [-0.1, -0.05) is 19.4 Å². The lowest BCUT2D eigenvalue weighted by atomic mass is 10.00. The molecule has 0 heterocycles. The lowest BCUT2D eigenvalue weighted by Gasteiger charge is -2.06. The molecule has 0 bridgehead atoms. The van der Waals surface area contributed by atoms with Crippen molar-refractivity contribution in [2.24, 2.45) is 11.7 Å². The summed E-state index contributed by atoms with van der Waals surface area (Å²) >= 11 is 0. The maximum Gasteiger partial charge on any atom is 0.218 e. The van der Waals surface area contributed by atoms with Gasteiger partial charge in [0.15, 0.2) is 0 Å². The fraction of sp³-hybridized carbons (Fsp3) is 0.625. The minimum absolute atomic E-state index is 0.238. The average molecular weight is 141 g/mol. The number of carbonyl (C=O) groups excluding carboxylic acids is 1. The Bertz CT molecular complexity index is 120. The summed E-state index contributed by atoms with van der Waals surface area (Å²) in [4.78, 5) is 10.4. The van der Waals surface area contributed by atoms with Gasteiger partial charge in [0.1, 0.15) is 0 Å². The second-order valence-corrected chi connectivity index (χ2v) is 2.45. The van der Waals surface area contributed by atoms with Gasteiger partial charge in [0.05, 0.1) is 0 Å². The van der Waals surface area contributed by atoms with Crippen LogP contribution in [-0.2, 0) is 4.79 Å². The third kappa shape index (κ3) is 4.13. The molecule has 1 atom stereocenters. The Morgan fingerprint density at radius 1 is 1.80 bits per heavy atom. The van der Waals surface area contributed by atoms with Crippen LogP contribution in [0.2, 0.25) is 0 Å². The molecule has 0 aliphatic heterocycles. The van der Waals surface area contributed by atoms with E-state index >= 15 is 0 Å². The fourth-order valence-corrected chi connectivity index (χ4v) is 0.932. The molecule has 2 N–H and O–H groups in total. The van der Waals surface area contributed by atoms with Gasteiger partial charge in [0.2, 0.25) is 5.91 Å². The highest BCUT2D eigenvalue weighted by Gasteiger charge is 2.05. The Labute approximate surface area is 62.1 Å². The molecule has 1 unspecified atom stereocenters. The second-order valence-electron chi connectivity index (χ2n) is 2.45. The van der Waals surface area contributed by atoms with E-state index in [4.69, 9.17) is 5.73 Å². The third-order valence-corrected chi connectivity index (χ3v) is 1.46. The Balaban J connectivity index is 3.59. The quantitative estimate of drug-likeness (QED) is 0.579. The van der Waals surface area contributed by atoms with Gasteiger partial charge in [-0.05, 0) is 12.3 Å². The third-order valence-electron chi connectivity index (χ3n) is 1.46. The van der Waals surface area contributed by atoms with Crippen LogP contribution >= 0.6 is 0 Å². The normalized spacial score (nSPS) is 12.5. The first-order valence-electron chi connectivity index (χ1n) is 3.61. The lowest BCUT2D eigenvalue weighted by Crippen LogP contribution is -2.14. The SMILES string of the molecule is C=CC(CCC)CC(N)=O. The van der Waals surface area contributed by atoms with E-state index in [1.165, 1.54) is 0 Å². The number of rotatable bonds is 5. The van der Waals surface area contributed by atoms with Gasteiger partial charge in [0.25, 0.3) is 0 Å². The van der Waals surface area contributed by atoms with E-state index in [0.29, 0.717) is 6.42 Å². The molecule has 10 heavy (non-hydrogen) atoms. The molecule has 0 aliphatic carbocycles. The molecule has 2 heteroatoms. The standard InChI is InChI=1S/C8H15NO/c1-3-5-7(4-2)6-8(9)10/h4,7H,2-3,5-6H2,1H3,(H2,9,10). The largest absolute Gasteiger partial charge is 0.370 e. The van der Waals surface area contributed by atoms with Crippen molar-refractivity contribution in [1.82, 2.24) is 0 Å². The van der Waals surface area contributed by atoms with Crippen LogP contribution in [0.1, 0.15) is 26.2 Å². The van der Waals surface area contributed by atoms with Crippen LogP contribution in [0.5, 0.6) is 0 Å².